The molecule has 3 unspecified atom stereocenters. The smallest absolute Gasteiger partial charge is 0.0475 e. The Balaban J connectivity index is 2.49. The summed E-state index contributed by atoms with van der Waals surface area (Å²) in [6.45, 7) is 7.44. The normalized spacial score (nSPS) is 23.9. The van der Waals surface area contributed by atoms with Crippen molar-refractivity contribution in [1.29, 1.82) is 0 Å². The fourth-order valence-electron chi connectivity index (χ4n) is 2.67. The summed E-state index contributed by atoms with van der Waals surface area (Å²) in [5.41, 5.74) is 0. The summed E-state index contributed by atoms with van der Waals surface area (Å²) in [5, 5.41) is 4.23. The van der Waals surface area contributed by atoms with E-state index in [0.717, 1.165) is 13.0 Å². The zero-order valence-corrected chi connectivity index (χ0v) is 11.8. The highest BCUT2D eigenvalue weighted by molar-refractivity contribution is 7.86. The minimum Gasteiger partial charge on any atom is -0.313 e. The van der Waals surface area contributed by atoms with E-state index >= 15 is 0 Å². The second-order valence-corrected chi connectivity index (χ2v) is 6.93. The molecule has 0 aromatic heterocycles. The van der Waals surface area contributed by atoms with Gasteiger partial charge < -0.3 is 5.32 Å². The Morgan fingerprint density at radius 3 is 2.38 bits per heavy atom. The molecule has 2 nitrogen and oxygen atoms in total. The predicted molar refractivity (Wildman–Crippen MR) is 72.2 cm³/mol. The summed E-state index contributed by atoms with van der Waals surface area (Å²) >= 11 is 0. The van der Waals surface area contributed by atoms with Crippen LogP contribution in [0.4, 0.5) is 0 Å². The van der Waals surface area contributed by atoms with Crippen LogP contribution in [0.3, 0.4) is 0 Å². The van der Waals surface area contributed by atoms with Crippen molar-refractivity contribution in [3.63, 3.8) is 0 Å². The maximum atomic E-state index is 12.4. The Morgan fingerprint density at radius 2 is 1.88 bits per heavy atom. The van der Waals surface area contributed by atoms with E-state index in [1.165, 1.54) is 32.1 Å². The van der Waals surface area contributed by atoms with E-state index in [1.807, 2.05) is 0 Å². The van der Waals surface area contributed by atoms with Crippen LogP contribution in [0.2, 0.25) is 0 Å². The van der Waals surface area contributed by atoms with Crippen molar-refractivity contribution in [1.82, 2.24) is 5.32 Å². The van der Waals surface area contributed by atoms with Gasteiger partial charge in [-0.15, -0.1) is 0 Å². The summed E-state index contributed by atoms with van der Waals surface area (Å²) in [6.07, 6.45) is 7.33. The molecule has 1 saturated carbocycles. The first kappa shape index (κ1) is 14.2. The van der Waals surface area contributed by atoms with Gasteiger partial charge in [0.1, 0.15) is 0 Å². The molecule has 16 heavy (non-hydrogen) atoms. The maximum absolute atomic E-state index is 12.4. The van der Waals surface area contributed by atoms with Crippen LogP contribution in [-0.2, 0) is 10.8 Å². The lowest BCUT2D eigenvalue weighted by Crippen LogP contribution is -2.42. The summed E-state index contributed by atoms with van der Waals surface area (Å²) in [4.78, 5) is 0. The van der Waals surface area contributed by atoms with Crippen molar-refractivity contribution in [3.05, 3.63) is 0 Å². The predicted octanol–water partition coefficient (Wildman–Crippen LogP) is 2.84. The lowest BCUT2D eigenvalue weighted by molar-refractivity contribution is 0.476. The second kappa shape index (κ2) is 7.44. The van der Waals surface area contributed by atoms with Crippen molar-refractivity contribution < 1.29 is 4.21 Å². The molecule has 1 aliphatic carbocycles. The van der Waals surface area contributed by atoms with E-state index in [1.54, 1.807) is 0 Å². The van der Waals surface area contributed by atoms with Crippen molar-refractivity contribution in [3.8, 4) is 0 Å². The molecule has 3 atom stereocenters. The molecule has 3 heteroatoms. The first-order valence-electron chi connectivity index (χ1n) is 6.83. The Kier molecular flexibility index (Phi) is 6.59. The number of hydrogen-bond acceptors (Lipinski definition) is 2. The summed E-state index contributed by atoms with van der Waals surface area (Å²) in [5.74, 6) is 0. The molecule has 0 bridgehead atoms. The van der Waals surface area contributed by atoms with Gasteiger partial charge in [-0.2, -0.15) is 0 Å². The van der Waals surface area contributed by atoms with Crippen LogP contribution in [0.25, 0.3) is 0 Å². The summed E-state index contributed by atoms with van der Waals surface area (Å²) < 4.78 is 12.4. The fourth-order valence-corrected chi connectivity index (χ4v) is 4.68. The zero-order chi connectivity index (χ0) is 12.0. The van der Waals surface area contributed by atoms with E-state index in [2.05, 4.69) is 26.1 Å². The lowest BCUT2D eigenvalue weighted by Gasteiger charge is -2.29. The van der Waals surface area contributed by atoms with E-state index in [9.17, 15) is 4.21 Å². The van der Waals surface area contributed by atoms with E-state index in [0.29, 0.717) is 16.5 Å². The van der Waals surface area contributed by atoms with Crippen LogP contribution in [0.5, 0.6) is 0 Å². The largest absolute Gasteiger partial charge is 0.313 e. The molecule has 1 rings (SSSR count). The molecule has 0 aliphatic heterocycles. The highest BCUT2D eigenvalue weighted by Crippen LogP contribution is 2.25. The Morgan fingerprint density at radius 1 is 1.25 bits per heavy atom. The van der Waals surface area contributed by atoms with Gasteiger partial charge in [0.15, 0.2) is 0 Å². The molecule has 0 amide bonds. The molecule has 96 valence electrons. The average molecular weight is 245 g/mol. The lowest BCUT2D eigenvalue weighted by atomic mass is 10.0. The minimum absolute atomic E-state index is 0.299. The Hall–Kier alpha value is 0.110. The molecule has 0 saturated heterocycles. The molecule has 0 aromatic rings. The monoisotopic (exact) mass is 245 g/mol. The molecule has 0 aromatic carbocycles. The van der Waals surface area contributed by atoms with Gasteiger partial charge in [0, 0.05) is 27.3 Å². The third kappa shape index (κ3) is 3.85. The zero-order valence-electron chi connectivity index (χ0n) is 11.0. The van der Waals surface area contributed by atoms with Crippen LogP contribution in [0.15, 0.2) is 0 Å². The van der Waals surface area contributed by atoms with Crippen molar-refractivity contribution in [2.75, 3.05) is 6.54 Å². The third-order valence-corrected chi connectivity index (χ3v) is 5.91. The van der Waals surface area contributed by atoms with Gasteiger partial charge in [0.2, 0.25) is 0 Å². The molecule has 0 heterocycles. The van der Waals surface area contributed by atoms with Crippen molar-refractivity contribution in [2.45, 2.75) is 75.8 Å². The van der Waals surface area contributed by atoms with Gasteiger partial charge >= 0.3 is 0 Å². The Labute approximate surface area is 103 Å². The molecule has 1 aliphatic rings. The van der Waals surface area contributed by atoms with Crippen LogP contribution in [0.1, 0.15) is 59.3 Å². The average Bonchev–Trinajstić information content (AvgIpc) is 2.35. The SMILES string of the molecule is CCNC(CC)C(C)S(=O)C1CCCCC1. The maximum Gasteiger partial charge on any atom is 0.0475 e. The van der Waals surface area contributed by atoms with Crippen LogP contribution in [0, 0.1) is 0 Å². The van der Waals surface area contributed by atoms with Gasteiger partial charge in [-0.3, -0.25) is 4.21 Å². The third-order valence-electron chi connectivity index (χ3n) is 3.72. The highest BCUT2D eigenvalue weighted by atomic mass is 32.2. The van der Waals surface area contributed by atoms with E-state index in [4.69, 9.17) is 0 Å². The van der Waals surface area contributed by atoms with Crippen molar-refractivity contribution in [2.24, 2.45) is 0 Å². The minimum atomic E-state index is -0.645. The van der Waals surface area contributed by atoms with Crippen LogP contribution < -0.4 is 5.32 Å². The van der Waals surface area contributed by atoms with E-state index < -0.39 is 10.8 Å². The number of nitrogens with one attached hydrogen (secondary N) is 1. The van der Waals surface area contributed by atoms with E-state index in [-0.39, 0.29) is 0 Å². The number of hydrogen-bond donors (Lipinski definition) is 1. The van der Waals surface area contributed by atoms with Crippen LogP contribution >= 0.6 is 0 Å². The molecule has 1 N–H and O–H groups in total. The van der Waals surface area contributed by atoms with Gasteiger partial charge in [-0.25, -0.2) is 0 Å². The molecule has 1 fully saturated rings. The highest BCUT2D eigenvalue weighted by Gasteiger charge is 2.27. The Bertz CT molecular complexity index is 214. The first-order valence-corrected chi connectivity index (χ1v) is 8.11. The quantitative estimate of drug-likeness (QED) is 0.779. The van der Waals surface area contributed by atoms with Gasteiger partial charge in [0.05, 0.1) is 0 Å². The van der Waals surface area contributed by atoms with Gasteiger partial charge in [-0.05, 0) is 32.7 Å². The molecular formula is C13H27NOS. The summed E-state index contributed by atoms with van der Waals surface area (Å²) in [7, 11) is -0.645. The fraction of sp³-hybridized carbons (Fsp3) is 1.00. The first-order chi connectivity index (χ1) is 7.70. The standard InChI is InChI=1S/C13H27NOS/c1-4-13(14-5-2)11(3)16(15)12-9-7-6-8-10-12/h11-14H,4-10H2,1-3H3. The molecular weight excluding hydrogens is 218 g/mol. The second-order valence-electron chi connectivity index (χ2n) is 4.87. The molecule has 0 spiro atoms. The van der Waals surface area contributed by atoms with Gasteiger partial charge in [0.25, 0.3) is 0 Å². The number of rotatable bonds is 6. The molecule has 0 radical (unpaired) electrons. The van der Waals surface area contributed by atoms with Crippen LogP contribution in [-0.4, -0.2) is 27.3 Å². The summed E-state index contributed by atoms with van der Waals surface area (Å²) in [6, 6.07) is 0.424. The van der Waals surface area contributed by atoms with Gasteiger partial charge in [-0.1, -0.05) is 33.1 Å². The van der Waals surface area contributed by atoms with Crippen molar-refractivity contribution >= 4 is 10.8 Å². The topological polar surface area (TPSA) is 29.1 Å².